The molecule has 0 saturated heterocycles. The third-order valence-corrected chi connectivity index (χ3v) is 14.8. The van der Waals surface area contributed by atoms with Crippen LogP contribution in [0.5, 0.6) is 11.5 Å². The second kappa shape index (κ2) is 20.3. The van der Waals surface area contributed by atoms with Crippen molar-refractivity contribution in [2.75, 3.05) is 26.3 Å². The van der Waals surface area contributed by atoms with Gasteiger partial charge >= 0.3 is 0 Å². The minimum atomic E-state index is -0.937. The molecule has 2 aliphatic heterocycles. The van der Waals surface area contributed by atoms with Crippen molar-refractivity contribution < 1.29 is 35.0 Å². The minimum absolute atomic E-state index is 0.0207. The molecule has 2 aromatic carbocycles. The van der Waals surface area contributed by atoms with Crippen LogP contribution in [0.1, 0.15) is 113 Å². The molecule has 2 aromatic rings. The minimum Gasteiger partial charge on any atom is -0.504 e. The lowest BCUT2D eigenvalue weighted by Crippen LogP contribution is -2.42. The lowest BCUT2D eigenvalue weighted by molar-refractivity contribution is 0.0648. The van der Waals surface area contributed by atoms with Gasteiger partial charge in [0.05, 0.1) is 24.2 Å². The number of aliphatic hydroxyl groups is 4. The van der Waals surface area contributed by atoms with E-state index in [9.17, 15) is 25.5 Å². The highest BCUT2D eigenvalue weighted by Gasteiger charge is 2.47. The molecule has 0 aromatic heterocycles. The Balaban J connectivity index is 0.768. The van der Waals surface area contributed by atoms with Gasteiger partial charge in [-0.2, -0.15) is 11.6 Å². The number of aryl methyl sites for hydroxylation is 1. The maximum atomic E-state index is 11.3. The smallest absolute Gasteiger partial charge is 0.189 e. The number of ether oxygens (including phenoxy) is 2. The number of benzene rings is 2. The number of hydrogen-bond acceptors (Lipinski definition) is 10. The number of nitrogens with two attached hydrogens (primary N) is 1. The third kappa shape index (κ3) is 10.4. The first-order valence-corrected chi connectivity index (χ1v) is 23.4. The van der Waals surface area contributed by atoms with Gasteiger partial charge in [-0.05, 0) is 97.9 Å². The van der Waals surface area contributed by atoms with Crippen LogP contribution < -0.4 is 15.8 Å². The molecule has 330 valence electrons. The SMILES string of the molecule is C[C@H](O)CNC[C@@H]1C2=C[C+]([C@@H](O)COc3cc(CC[C-]4C=C(CO)C(CCCC[C@@H]5CC[C@@H]([C@@H]6C=Cc7ccccc7[C@H]6O)[C@H](N)C5)O4)ccc3O)N=C2CC[C@H]2CCC[C@@H]21. The summed E-state index contributed by atoms with van der Waals surface area (Å²) in [5.74, 6) is 2.89. The lowest BCUT2D eigenvalue weighted by atomic mass is 9.68. The van der Waals surface area contributed by atoms with E-state index in [2.05, 4.69) is 29.6 Å². The number of phenolic OH excluding ortho intramolecular Hbond substituents is 1. The summed E-state index contributed by atoms with van der Waals surface area (Å²) in [7, 11) is 0. The fourth-order valence-electron chi connectivity index (χ4n) is 11.5. The summed E-state index contributed by atoms with van der Waals surface area (Å²) in [6, 6.07) is 14.1. The second-order valence-corrected chi connectivity index (χ2v) is 19.0. The molecule has 8 N–H and O–H groups in total. The van der Waals surface area contributed by atoms with E-state index in [1.165, 1.54) is 24.8 Å². The molecule has 2 heterocycles. The van der Waals surface area contributed by atoms with Gasteiger partial charge in [0.2, 0.25) is 0 Å². The van der Waals surface area contributed by atoms with E-state index >= 15 is 0 Å². The van der Waals surface area contributed by atoms with Crippen LogP contribution in [-0.4, -0.2) is 81.9 Å². The number of unbranched alkanes of at least 4 members (excludes halogenated alkanes) is 1. The molecule has 3 saturated carbocycles. The monoisotopic (exact) mass is 836 g/mol. The maximum absolute atomic E-state index is 11.3. The fourth-order valence-corrected chi connectivity index (χ4v) is 11.5. The Morgan fingerprint density at radius 1 is 1.05 bits per heavy atom. The van der Waals surface area contributed by atoms with Gasteiger partial charge < -0.3 is 46.1 Å². The van der Waals surface area contributed by atoms with E-state index < -0.39 is 18.3 Å². The summed E-state index contributed by atoms with van der Waals surface area (Å²) in [5, 5.41) is 56.6. The predicted octanol–water partition coefficient (Wildman–Crippen LogP) is 7.30. The standard InChI is InChI=1S/C51H69N3O7/c1-31(56)27-53-28-43-38-11-6-9-34(38)17-21-45-42(43)26-46(54-45)48(58)30-60-50-24-33(15-22-47(50)57)13-18-37-25-36(29-55)49(61-37)12-5-2-7-32-14-19-40(44(52)23-32)41-20-16-35-8-3-4-10-39(35)51(41)59/h3-4,8,10,15-16,20,22,24-26,31-32,34,38,40-41,43-44,48-49,51,53,55-59H,2,5-7,9,11-14,17-19,21,23,27-30,52H2,1H3/t31-,32+,34+,38-,40-,41-,43-,44+,48-,49?,51+/m0/s1. The molecule has 0 radical (unpaired) electrons. The molecule has 8 rings (SSSR count). The fraction of sp³-hybridized carbons (Fsp3) is 0.588. The van der Waals surface area contributed by atoms with Gasteiger partial charge in [0.1, 0.15) is 12.2 Å². The molecule has 10 nitrogen and oxygen atoms in total. The Morgan fingerprint density at radius 2 is 1.90 bits per heavy atom. The summed E-state index contributed by atoms with van der Waals surface area (Å²) < 4.78 is 12.4. The van der Waals surface area contributed by atoms with Crippen LogP contribution in [0.3, 0.4) is 0 Å². The number of phenols is 1. The Bertz CT molecular complexity index is 1910. The third-order valence-electron chi connectivity index (χ3n) is 14.8. The molecule has 1 unspecified atom stereocenters. The normalized spacial score (nSPS) is 30.5. The highest BCUT2D eigenvalue weighted by molar-refractivity contribution is 6.04. The average Bonchev–Trinajstić information content (AvgIpc) is 4.00. The van der Waals surface area contributed by atoms with Gasteiger partial charge in [0.15, 0.2) is 29.4 Å². The number of hydrogen-bond donors (Lipinski definition) is 7. The van der Waals surface area contributed by atoms with E-state index in [0.717, 1.165) is 98.4 Å². The number of aromatic hydroxyl groups is 1. The summed E-state index contributed by atoms with van der Waals surface area (Å²) >= 11 is 0. The van der Waals surface area contributed by atoms with Gasteiger partial charge in [-0.25, -0.2) is 0 Å². The molecule has 61 heavy (non-hydrogen) atoms. The zero-order chi connectivity index (χ0) is 42.5. The predicted molar refractivity (Wildman–Crippen MR) is 239 cm³/mol. The largest absolute Gasteiger partial charge is 0.504 e. The van der Waals surface area contributed by atoms with Crippen molar-refractivity contribution in [2.45, 2.75) is 127 Å². The van der Waals surface area contributed by atoms with Crippen molar-refractivity contribution in [3.8, 4) is 11.5 Å². The van der Waals surface area contributed by atoms with Crippen molar-refractivity contribution >= 4 is 11.8 Å². The first-order chi connectivity index (χ1) is 29.6. The van der Waals surface area contributed by atoms with Crippen LogP contribution in [0.4, 0.5) is 0 Å². The van der Waals surface area contributed by atoms with E-state index in [1.54, 1.807) is 13.0 Å². The van der Waals surface area contributed by atoms with E-state index in [4.69, 9.17) is 20.2 Å². The number of fused-ring (bicyclic) bond motifs is 3. The molecule has 0 amide bonds. The first kappa shape index (κ1) is 44.0. The summed E-state index contributed by atoms with van der Waals surface area (Å²) in [6.45, 7) is 3.09. The zero-order valence-corrected chi connectivity index (χ0v) is 36.0. The van der Waals surface area contributed by atoms with Crippen LogP contribution in [0, 0.1) is 47.7 Å². The Labute approximate surface area is 363 Å². The van der Waals surface area contributed by atoms with Gasteiger partial charge in [0.25, 0.3) is 0 Å². The molecule has 6 aliphatic rings. The Hall–Kier alpha value is -3.61. The number of nitrogens with zero attached hydrogens (tertiary/aromatic N) is 1. The van der Waals surface area contributed by atoms with Gasteiger partial charge in [-0.3, -0.25) is 0 Å². The van der Waals surface area contributed by atoms with Crippen LogP contribution in [0.15, 0.2) is 76.8 Å². The molecule has 0 spiro atoms. The number of aliphatic hydroxyl groups excluding tert-OH is 4. The van der Waals surface area contributed by atoms with Gasteiger partial charge in [-0.1, -0.05) is 93.5 Å². The zero-order valence-electron chi connectivity index (χ0n) is 36.0. The van der Waals surface area contributed by atoms with Crippen molar-refractivity contribution in [3.05, 3.63) is 101 Å². The van der Waals surface area contributed by atoms with E-state index in [0.29, 0.717) is 54.8 Å². The quantitative estimate of drug-likeness (QED) is 0.0602. The molecular weight excluding hydrogens is 767 g/mol. The molecule has 10 heteroatoms. The van der Waals surface area contributed by atoms with E-state index in [1.807, 2.05) is 36.4 Å². The van der Waals surface area contributed by atoms with Crippen molar-refractivity contribution in [1.29, 1.82) is 0 Å². The number of nitrogens with one attached hydrogen (secondary N) is 1. The second-order valence-electron chi connectivity index (χ2n) is 19.0. The number of aliphatic imine (C=N–C) groups is 1. The van der Waals surface area contributed by atoms with Crippen molar-refractivity contribution in [3.63, 3.8) is 0 Å². The molecule has 4 aliphatic carbocycles. The highest BCUT2D eigenvalue weighted by atomic mass is 16.5. The summed E-state index contributed by atoms with van der Waals surface area (Å²) in [6.07, 6.45) is 21.7. The molecule has 3 fully saturated rings. The molecule has 0 bridgehead atoms. The molecule has 11 atom stereocenters. The Morgan fingerprint density at radius 3 is 2.74 bits per heavy atom. The van der Waals surface area contributed by atoms with Crippen LogP contribution in [0.2, 0.25) is 0 Å². The topological polar surface area (TPSA) is 170 Å². The van der Waals surface area contributed by atoms with Gasteiger partial charge in [0, 0.05) is 44.2 Å². The summed E-state index contributed by atoms with van der Waals surface area (Å²) in [5.41, 5.74) is 13.1. The van der Waals surface area contributed by atoms with Crippen molar-refractivity contribution in [2.24, 2.45) is 46.2 Å². The lowest BCUT2D eigenvalue weighted by Gasteiger charge is -2.40. The van der Waals surface area contributed by atoms with Crippen molar-refractivity contribution in [1.82, 2.24) is 5.32 Å². The van der Waals surface area contributed by atoms with E-state index in [-0.39, 0.29) is 42.9 Å². The van der Waals surface area contributed by atoms with Crippen LogP contribution in [0.25, 0.3) is 6.08 Å². The Kier molecular flexibility index (Phi) is 14.6. The van der Waals surface area contributed by atoms with Gasteiger partial charge in [-0.15, -0.1) is 4.99 Å². The average molecular weight is 836 g/mol. The number of rotatable bonds is 18. The molecular formula is C51H69N3O7. The van der Waals surface area contributed by atoms with Crippen LogP contribution >= 0.6 is 0 Å². The van der Waals surface area contributed by atoms with Crippen LogP contribution in [-0.2, 0) is 11.2 Å². The first-order valence-electron chi connectivity index (χ1n) is 23.4. The highest BCUT2D eigenvalue weighted by Crippen LogP contribution is 2.48. The maximum Gasteiger partial charge on any atom is 0.189 e. The summed E-state index contributed by atoms with van der Waals surface area (Å²) in [4.78, 5) is 4.93.